The molecule has 5 nitrogen and oxygen atoms in total. The number of aromatic nitrogens is 3. The Morgan fingerprint density at radius 3 is 2.73 bits per heavy atom. The summed E-state index contributed by atoms with van der Waals surface area (Å²) < 4.78 is 2.12. The Morgan fingerprint density at radius 1 is 1.31 bits per heavy atom. The molecule has 1 aromatic heterocycles. The van der Waals surface area contributed by atoms with Crippen LogP contribution in [0.1, 0.15) is 24.1 Å². The van der Waals surface area contributed by atoms with E-state index in [-0.39, 0.29) is 18.5 Å². The number of aryl methyl sites for hydroxylation is 1. The predicted octanol–water partition coefficient (Wildman–Crippen LogP) is 4.45. The normalized spacial score (nSPS) is 12.0. The molecule has 0 saturated heterocycles. The number of aromatic amines is 1. The molecule has 3 rings (SSSR count). The van der Waals surface area contributed by atoms with Crippen LogP contribution in [0.2, 0.25) is 5.02 Å². The summed E-state index contributed by atoms with van der Waals surface area (Å²) in [6, 6.07) is 15.2. The lowest BCUT2D eigenvalue weighted by Gasteiger charge is -2.15. The van der Waals surface area contributed by atoms with Gasteiger partial charge in [-0.05, 0) is 49.8 Å². The first-order valence-electron chi connectivity index (χ1n) is 8.21. The van der Waals surface area contributed by atoms with Crippen LogP contribution >= 0.6 is 23.8 Å². The Hall–Kier alpha value is -2.44. The third-order valence-electron chi connectivity index (χ3n) is 4.08. The first-order chi connectivity index (χ1) is 12.4. The van der Waals surface area contributed by atoms with E-state index in [4.69, 9.17) is 23.8 Å². The molecular weight excluding hydrogens is 368 g/mol. The van der Waals surface area contributed by atoms with Crippen molar-refractivity contribution in [2.45, 2.75) is 26.4 Å². The van der Waals surface area contributed by atoms with Gasteiger partial charge in [-0.3, -0.25) is 14.5 Å². The monoisotopic (exact) mass is 386 g/mol. The minimum absolute atomic E-state index is 0.0938. The second-order valence-electron chi connectivity index (χ2n) is 6.15. The summed E-state index contributed by atoms with van der Waals surface area (Å²) in [5, 5.41) is 10.7. The lowest BCUT2D eigenvalue weighted by atomic mass is 10.1. The maximum Gasteiger partial charge on any atom is 0.240 e. The molecule has 0 bridgehead atoms. The minimum Gasteiger partial charge on any atom is -0.348 e. The Kier molecular flexibility index (Phi) is 5.54. The van der Waals surface area contributed by atoms with Crippen molar-refractivity contribution < 1.29 is 4.79 Å². The maximum absolute atomic E-state index is 12.5. The number of halogens is 1. The highest BCUT2D eigenvalue weighted by molar-refractivity contribution is 7.71. The van der Waals surface area contributed by atoms with Crippen molar-refractivity contribution in [3.63, 3.8) is 0 Å². The van der Waals surface area contributed by atoms with Crippen LogP contribution in [0.5, 0.6) is 0 Å². The van der Waals surface area contributed by atoms with Gasteiger partial charge in [0.05, 0.1) is 6.04 Å². The molecule has 0 radical (unpaired) electrons. The number of hydrogen-bond donors (Lipinski definition) is 2. The number of carbonyl (C=O) groups excluding carboxylic acids is 1. The zero-order valence-corrected chi connectivity index (χ0v) is 16.1. The molecule has 1 atom stereocenters. The van der Waals surface area contributed by atoms with Crippen LogP contribution in [0.15, 0.2) is 48.5 Å². The van der Waals surface area contributed by atoms with Crippen LogP contribution in [0, 0.1) is 11.7 Å². The highest BCUT2D eigenvalue weighted by Gasteiger charge is 2.15. The molecule has 2 N–H and O–H groups in total. The largest absolute Gasteiger partial charge is 0.348 e. The smallest absolute Gasteiger partial charge is 0.240 e. The summed E-state index contributed by atoms with van der Waals surface area (Å²) in [7, 11) is 0. The highest BCUT2D eigenvalue weighted by atomic mass is 35.5. The van der Waals surface area contributed by atoms with E-state index in [1.807, 2.05) is 62.4 Å². The molecule has 0 aliphatic carbocycles. The highest BCUT2D eigenvalue weighted by Crippen LogP contribution is 2.19. The molecule has 134 valence electrons. The number of benzene rings is 2. The van der Waals surface area contributed by atoms with Crippen molar-refractivity contribution in [3.05, 3.63) is 69.5 Å². The Labute approximate surface area is 162 Å². The lowest BCUT2D eigenvalue weighted by Crippen LogP contribution is -2.30. The third kappa shape index (κ3) is 4.20. The topological polar surface area (TPSA) is 62.7 Å². The minimum atomic E-state index is -0.140. The zero-order valence-electron chi connectivity index (χ0n) is 14.5. The van der Waals surface area contributed by atoms with E-state index >= 15 is 0 Å². The second kappa shape index (κ2) is 7.85. The first-order valence-corrected chi connectivity index (χ1v) is 9.00. The van der Waals surface area contributed by atoms with Crippen LogP contribution in [0.25, 0.3) is 11.4 Å². The van der Waals surface area contributed by atoms with Crippen molar-refractivity contribution in [3.8, 4) is 11.4 Å². The third-order valence-corrected chi connectivity index (χ3v) is 4.65. The number of nitrogens with zero attached hydrogens (tertiary/aromatic N) is 2. The Bertz CT molecular complexity index is 978. The molecule has 3 aromatic rings. The summed E-state index contributed by atoms with van der Waals surface area (Å²) in [5.41, 5.74) is 3.01. The molecule has 0 fully saturated rings. The van der Waals surface area contributed by atoms with E-state index in [1.54, 1.807) is 4.57 Å². The molecule has 1 heterocycles. The molecule has 7 heteroatoms. The van der Waals surface area contributed by atoms with Gasteiger partial charge in [0.1, 0.15) is 6.54 Å². The molecule has 0 spiro atoms. The standard InChI is InChI=1S/C19H19ClN4OS/c1-12-4-3-5-15(10-12)18-22-23-19(26)24(18)11-17(25)21-13(2)14-6-8-16(20)9-7-14/h3-10,13H,11H2,1-2H3,(H,21,25)(H,23,26). The van der Waals surface area contributed by atoms with Gasteiger partial charge >= 0.3 is 0 Å². The van der Waals surface area contributed by atoms with E-state index in [0.29, 0.717) is 15.6 Å². The van der Waals surface area contributed by atoms with Gasteiger partial charge in [0.25, 0.3) is 0 Å². The average Bonchev–Trinajstić information content (AvgIpc) is 2.96. The molecule has 0 aliphatic heterocycles. The summed E-state index contributed by atoms with van der Waals surface area (Å²) >= 11 is 11.2. The molecule has 26 heavy (non-hydrogen) atoms. The zero-order chi connectivity index (χ0) is 18.7. The fraction of sp³-hybridized carbons (Fsp3) is 0.211. The van der Waals surface area contributed by atoms with Gasteiger partial charge in [0, 0.05) is 10.6 Å². The van der Waals surface area contributed by atoms with E-state index < -0.39 is 0 Å². The number of amides is 1. The Morgan fingerprint density at radius 2 is 2.04 bits per heavy atom. The van der Waals surface area contributed by atoms with Crippen molar-refractivity contribution >= 4 is 29.7 Å². The predicted molar refractivity (Wildman–Crippen MR) is 106 cm³/mol. The average molecular weight is 387 g/mol. The van der Waals surface area contributed by atoms with Gasteiger partial charge in [-0.15, -0.1) is 0 Å². The SMILES string of the molecule is Cc1cccc(-c2n[nH]c(=S)n2CC(=O)NC(C)c2ccc(Cl)cc2)c1. The number of carbonyl (C=O) groups is 1. The van der Waals surface area contributed by atoms with Crippen LogP contribution in [-0.2, 0) is 11.3 Å². The summed E-state index contributed by atoms with van der Waals surface area (Å²) in [4.78, 5) is 12.5. The van der Waals surface area contributed by atoms with Gasteiger partial charge in [-0.2, -0.15) is 5.10 Å². The van der Waals surface area contributed by atoms with Crippen molar-refractivity contribution in [1.82, 2.24) is 20.1 Å². The molecular formula is C19H19ClN4OS. The van der Waals surface area contributed by atoms with Crippen LogP contribution in [0.4, 0.5) is 0 Å². The van der Waals surface area contributed by atoms with Crippen molar-refractivity contribution in [1.29, 1.82) is 0 Å². The molecule has 1 amide bonds. The number of H-pyrrole nitrogens is 1. The van der Waals surface area contributed by atoms with E-state index in [1.165, 1.54) is 0 Å². The fourth-order valence-electron chi connectivity index (χ4n) is 2.73. The van der Waals surface area contributed by atoms with Gasteiger partial charge < -0.3 is 5.32 Å². The lowest BCUT2D eigenvalue weighted by molar-refractivity contribution is -0.122. The van der Waals surface area contributed by atoms with E-state index in [0.717, 1.165) is 16.7 Å². The molecule has 0 saturated carbocycles. The van der Waals surface area contributed by atoms with Gasteiger partial charge in [0.2, 0.25) is 5.91 Å². The molecule has 2 aromatic carbocycles. The fourth-order valence-corrected chi connectivity index (χ4v) is 3.06. The maximum atomic E-state index is 12.5. The molecule has 0 aliphatic rings. The van der Waals surface area contributed by atoms with Crippen LogP contribution in [0.3, 0.4) is 0 Å². The number of hydrogen-bond acceptors (Lipinski definition) is 3. The number of nitrogens with one attached hydrogen (secondary N) is 2. The first kappa shape index (κ1) is 18.4. The van der Waals surface area contributed by atoms with Crippen molar-refractivity contribution in [2.24, 2.45) is 0 Å². The van der Waals surface area contributed by atoms with Gasteiger partial charge in [-0.1, -0.05) is 47.5 Å². The second-order valence-corrected chi connectivity index (χ2v) is 6.97. The van der Waals surface area contributed by atoms with Crippen LogP contribution in [-0.4, -0.2) is 20.7 Å². The van der Waals surface area contributed by atoms with Gasteiger partial charge in [-0.25, -0.2) is 0 Å². The van der Waals surface area contributed by atoms with E-state index in [9.17, 15) is 4.79 Å². The summed E-state index contributed by atoms with van der Waals surface area (Å²) in [5.74, 6) is 0.506. The summed E-state index contributed by atoms with van der Waals surface area (Å²) in [6.45, 7) is 4.03. The quantitative estimate of drug-likeness (QED) is 0.637. The Balaban J connectivity index is 1.76. The van der Waals surface area contributed by atoms with E-state index in [2.05, 4.69) is 15.5 Å². The number of rotatable bonds is 5. The summed E-state index contributed by atoms with van der Waals surface area (Å²) in [6.07, 6.45) is 0. The van der Waals surface area contributed by atoms with Gasteiger partial charge in [0.15, 0.2) is 10.6 Å². The van der Waals surface area contributed by atoms with Crippen molar-refractivity contribution in [2.75, 3.05) is 0 Å². The molecule has 1 unspecified atom stereocenters. The van der Waals surface area contributed by atoms with Crippen LogP contribution < -0.4 is 5.32 Å².